The fourth-order valence-corrected chi connectivity index (χ4v) is 2.59. The molecule has 0 aliphatic rings. The first-order valence-corrected chi connectivity index (χ1v) is 7.64. The molecule has 0 saturated heterocycles. The van der Waals surface area contributed by atoms with E-state index in [4.69, 9.17) is 0 Å². The van der Waals surface area contributed by atoms with Gasteiger partial charge in [-0.2, -0.15) is 0 Å². The van der Waals surface area contributed by atoms with Crippen molar-refractivity contribution >= 4 is 16.6 Å². The number of ketones is 1. The van der Waals surface area contributed by atoms with E-state index in [0.29, 0.717) is 0 Å². The number of Topliss-reactive ketones (excluding diaryl/α,β-unsaturated/α-hetero) is 1. The molecule has 0 aliphatic heterocycles. The van der Waals surface area contributed by atoms with Crippen molar-refractivity contribution in [1.29, 1.82) is 0 Å². The Morgan fingerprint density at radius 3 is 2.00 bits per heavy atom. The van der Waals surface area contributed by atoms with E-state index in [2.05, 4.69) is 45.0 Å². The van der Waals surface area contributed by atoms with Crippen LogP contribution in [0.4, 0.5) is 0 Å². The summed E-state index contributed by atoms with van der Waals surface area (Å²) >= 11 is 0. The number of carbonyl (C=O) groups excluding carboxylic acids is 1. The molecule has 112 valence electrons. The Morgan fingerprint density at radius 2 is 1.43 bits per heavy atom. The van der Waals surface area contributed by atoms with Crippen molar-refractivity contribution in [2.45, 2.75) is 48.0 Å². The second-order valence-electron chi connectivity index (χ2n) is 8.21. The summed E-state index contributed by atoms with van der Waals surface area (Å²) in [6.07, 6.45) is 1.06. The van der Waals surface area contributed by atoms with E-state index in [1.807, 2.05) is 32.9 Å². The minimum Gasteiger partial charge on any atom is -0.294 e. The molecule has 0 fully saturated rings. The fourth-order valence-electron chi connectivity index (χ4n) is 2.59. The van der Waals surface area contributed by atoms with E-state index < -0.39 is 0 Å². The lowest BCUT2D eigenvalue weighted by molar-refractivity contribution is 0.0858. The highest BCUT2D eigenvalue weighted by Crippen LogP contribution is 2.26. The van der Waals surface area contributed by atoms with Crippen LogP contribution in [0, 0.1) is 10.8 Å². The summed E-state index contributed by atoms with van der Waals surface area (Å²) in [5.41, 5.74) is 2.11. The van der Waals surface area contributed by atoms with Crippen LogP contribution in [0.25, 0.3) is 10.8 Å². The molecule has 0 heterocycles. The predicted octanol–water partition coefficient (Wildman–Crippen LogP) is 5.66. The zero-order valence-corrected chi connectivity index (χ0v) is 14.1. The highest BCUT2D eigenvalue weighted by atomic mass is 16.1. The quantitative estimate of drug-likeness (QED) is 0.650. The van der Waals surface area contributed by atoms with Crippen molar-refractivity contribution in [2.75, 3.05) is 0 Å². The van der Waals surface area contributed by atoms with Crippen LogP contribution in [0.3, 0.4) is 0 Å². The van der Waals surface area contributed by atoms with Crippen LogP contribution in [0.2, 0.25) is 0 Å². The molecule has 0 saturated carbocycles. The first-order valence-electron chi connectivity index (χ1n) is 7.64. The third-order valence-corrected chi connectivity index (χ3v) is 3.58. The predicted molar refractivity (Wildman–Crippen MR) is 90.9 cm³/mol. The highest BCUT2D eigenvalue weighted by molar-refractivity contribution is 6.02. The van der Waals surface area contributed by atoms with Gasteiger partial charge in [0.25, 0.3) is 0 Å². The molecule has 1 nitrogen and oxygen atoms in total. The Labute approximate surface area is 128 Å². The number of benzene rings is 2. The van der Waals surface area contributed by atoms with E-state index in [1.54, 1.807) is 0 Å². The fraction of sp³-hybridized carbons (Fsp3) is 0.450. The molecular formula is C20H26O. The van der Waals surface area contributed by atoms with E-state index in [0.717, 1.165) is 17.4 Å². The molecule has 0 radical (unpaired) electrons. The normalized spacial score (nSPS) is 12.7. The summed E-state index contributed by atoms with van der Waals surface area (Å²) in [6, 6.07) is 12.6. The van der Waals surface area contributed by atoms with Gasteiger partial charge in [-0.3, -0.25) is 4.79 Å². The van der Waals surface area contributed by atoms with Crippen LogP contribution >= 0.6 is 0 Å². The van der Waals surface area contributed by atoms with Gasteiger partial charge in [-0.15, -0.1) is 0 Å². The van der Waals surface area contributed by atoms with Crippen LogP contribution in [0.5, 0.6) is 0 Å². The summed E-state index contributed by atoms with van der Waals surface area (Å²) < 4.78 is 0. The topological polar surface area (TPSA) is 17.1 Å². The summed E-state index contributed by atoms with van der Waals surface area (Å²) in [5.74, 6) is 0.197. The Morgan fingerprint density at radius 1 is 0.857 bits per heavy atom. The van der Waals surface area contributed by atoms with Crippen LogP contribution in [0.1, 0.15) is 57.5 Å². The standard InChI is InChI=1S/C20H26O/c1-19(2,3)13-14-7-8-16-12-17(10-9-15(16)11-14)18(21)20(4,5)6/h7-12H,13H2,1-6H3. The molecule has 2 aromatic rings. The van der Waals surface area contributed by atoms with Gasteiger partial charge < -0.3 is 0 Å². The molecule has 0 atom stereocenters. The Hall–Kier alpha value is -1.63. The van der Waals surface area contributed by atoms with Crippen LogP contribution in [0.15, 0.2) is 36.4 Å². The smallest absolute Gasteiger partial charge is 0.168 e. The maximum Gasteiger partial charge on any atom is 0.168 e. The molecule has 0 N–H and O–H groups in total. The summed E-state index contributed by atoms with van der Waals surface area (Å²) in [5, 5.41) is 2.35. The summed E-state index contributed by atoms with van der Waals surface area (Å²) in [4.78, 5) is 12.4. The maximum absolute atomic E-state index is 12.4. The van der Waals surface area contributed by atoms with Gasteiger partial charge in [0.15, 0.2) is 5.78 Å². The average molecular weight is 282 g/mol. The maximum atomic E-state index is 12.4. The first kappa shape index (κ1) is 15.8. The number of rotatable bonds is 2. The lowest BCUT2D eigenvalue weighted by Crippen LogP contribution is -2.20. The average Bonchev–Trinajstić information content (AvgIpc) is 2.34. The van der Waals surface area contributed by atoms with E-state index in [-0.39, 0.29) is 16.6 Å². The van der Waals surface area contributed by atoms with E-state index in [1.165, 1.54) is 10.9 Å². The Kier molecular flexibility index (Phi) is 3.97. The molecule has 0 aromatic heterocycles. The van der Waals surface area contributed by atoms with Gasteiger partial charge in [-0.25, -0.2) is 0 Å². The van der Waals surface area contributed by atoms with Gasteiger partial charge in [0, 0.05) is 11.0 Å². The van der Waals surface area contributed by atoms with Gasteiger partial charge >= 0.3 is 0 Å². The van der Waals surface area contributed by atoms with Gasteiger partial charge in [-0.05, 0) is 34.2 Å². The third kappa shape index (κ3) is 3.93. The van der Waals surface area contributed by atoms with Crippen molar-refractivity contribution in [3.05, 3.63) is 47.5 Å². The molecule has 2 rings (SSSR count). The first-order chi connectivity index (χ1) is 9.56. The molecule has 0 amide bonds. The third-order valence-electron chi connectivity index (χ3n) is 3.58. The van der Waals surface area contributed by atoms with Crippen molar-refractivity contribution in [3.63, 3.8) is 0 Å². The summed E-state index contributed by atoms with van der Waals surface area (Å²) in [6.45, 7) is 12.6. The van der Waals surface area contributed by atoms with Crippen LogP contribution < -0.4 is 0 Å². The SMILES string of the molecule is CC(C)(C)Cc1ccc2cc(C(=O)C(C)(C)C)ccc2c1. The second kappa shape index (κ2) is 5.29. The molecule has 0 unspecified atom stereocenters. The van der Waals surface area contributed by atoms with E-state index >= 15 is 0 Å². The summed E-state index contributed by atoms with van der Waals surface area (Å²) in [7, 11) is 0. The monoisotopic (exact) mass is 282 g/mol. The molecule has 0 spiro atoms. The minimum atomic E-state index is -0.333. The largest absolute Gasteiger partial charge is 0.294 e. The molecule has 1 heteroatoms. The molecular weight excluding hydrogens is 256 g/mol. The number of carbonyl (C=O) groups is 1. The molecule has 2 aromatic carbocycles. The van der Waals surface area contributed by atoms with Crippen LogP contribution in [-0.2, 0) is 6.42 Å². The Bertz CT molecular complexity index is 666. The van der Waals surface area contributed by atoms with Gasteiger partial charge in [0.2, 0.25) is 0 Å². The van der Waals surface area contributed by atoms with Crippen molar-refractivity contribution in [3.8, 4) is 0 Å². The van der Waals surface area contributed by atoms with E-state index in [9.17, 15) is 4.79 Å². The van der Waals surface area contributed by atoms with Gasteiger partial charge in [-0.1, -0.05) is 71.9 Å². The molecule has 21 heavy (non-hydrogen) atoms. The van der Waals surface area contributed by atoms with Gasteiger partial charge in [0.1, 0.15) is 0 Å². The highest BCUT2D eigenvalue weighted by Gasteiger charge is 2.22. The number of hydrogen-bond donors (Lipinski definition) is 0. The number of hydrogen-bond acceptors (Lipinski definition) is 1. The molecule has 0 bridgehead atoms. The van der Waals surface area contributed by atoms with Crippen molar-refractivity contribution in [1.82, 2.24) is 0 Å². The van der Waals surface area contributed by atoms with Gasteiger partial charge in [0.05, 0.1) is 0 Å². The zero-order valence-electron chi connectivity index (χ0n) is 14.1. The lowest BCUT2D eigenvalue weighted by atomic mass is 9.85. The molecule has 0 aliphatic carbocycles. The second-order valence-corrected chi connectivity index (χ2v) is 8.21. The van der Waals surface area contributed by atoms with Crippen molar-refractivity contribution in [2.24, 2.45) is 10.8 Å². The Balaban J connectivity index is 2.38. The zero-order chi connectivity index (χ0) is 15.8. The van der Waals surface area contributed by atoms with Crippen molar-refractivity contribution < 1.29 is 4.79 Å². The van der Waals surface area contributed by atoms with Crippen LogP contribution in [-0.4, -0.2) is 5.78 Å². The lowest BCUT2D eigenvalue weighted by Gasteiger charge is -2.19. The minimum absolute atomic E-state index is 0.197. The number of fused-ring (bicyclic) bond motifs is 1.